The number of nitrogens with zero attached hydrogens (tertiary/aromatic N) is 2. The molecule has 0 radical (unpaired) electrons. The van der Waals surface area contributed by atoms with Gasteiger partial charge in [-0.1, -0.05) is 18.2 Å². The molecular weight excluding hydrogens is 252 g/mol. The third kappa shape index (κ3) is 10.4. The molecule has 8 nitrogen and oxygen atoms in total. The summed E-state index contributed by atoms with van der Waals surface area (Å²) in [4.78, 5) is 12.2. The van der Waals surface area contributed by atoms with Crippen molar-refractivity contribution in [2.75, 3.05) is 13.2 Å². The third-order valence-corrected chi connectivity index (χ3v) is 1.95. The van der Waals surface area contributed by atoms with E-state index in [2.05, 4.69) is 4.99 Å². The summed E-state index contributed by atoms with van der Waals surface area (Å²) in [5.74, 6) is 1.05. The van der Waals surface area contributed by atoms with Crippen LogP contribution in [-0.2, 0) is 0 Å². The van der Waals surface area contributed by atoms with Crippen LogP contribution in [-0.4, -0.2) is 29.4 Å². The first-order valence-corrected chi connectivity index (χ1v) is 5.50. The van der Waals surface area contributed by atoms with Gasteiger partial charge < -0.3 is 21.4 Å². The zero-order valence-corrected chi connectivity index (χ0v) is 10.7. The maximum Gasteiger partial charge on any atom is 0.291 e. The fourth-order valence-corrected chi connectivity index (χ4v) is 1.17. The highest BCUT2D eigenvalue weighted by Gasteiger charge is 1.96. The lowest BCUT2D eigenvalue weighted by atomic mass is 10.2. The molecule has 19 heavy (non-hydrogen) atoms. The van der Waals surface area contributed by atoms with E-state index in [9.17, 15) is 0 Å². The summed E-state index contributed by atoms with van der Waals surface area (Å²) in [5, 5.41) is 13.6. The van der Waals surface area contributed by atoms with Crippen LogP contribution < -0.4 is 16.2 Å². The largest absolute Gasteiger partial charge is 0.493 e. The second kappa shape index (κ2) is 9.51. The van der Waals surface area contributed by atoms with Gasteiger partial charge in [-0.05, 0) is 18.6 Å². The number of ether oxygens (including phenoxy) is 1. The molecule has 0 saturated carbocycles. The molecule has 0 aliphatic rings. The smallest absolute Gasteiger partial charge is 0.291 e. The van der Waals surface area contributed by atoms with E-state index in [-0.39, 0.29) is 5.96 Å². The standard InChI is InChI=1S/C11H17N3O.HNO3/c1-9-5-2-3-6-10(9)15-8-4-7-14-11(12)13;2-1(3)4/h2-3,5-6H,4,7-8H2,1H3,(H4,12,13,14);(H,2,3,4). The van der Waals surface area contributed by atoms with Crippen molar-refractivity contribution in [3.63, 3.8) is 0 Å². The first kappa shape index (κ1) is 16.5. The van der Waals surface area contributed by atoms with Crippen molar-refractivity contribution >= 4 is 5.96 Å². The van der Waals surface area contributed by atoms with Gasteiger partial charge in [0.1, 0.15) is 5.75 Å². The van der Waals surface area contributed by atoms with Crippen LogP contribution in [0.3, 0.4) is 0 Å². The molecule has 106 valence electrons. The molecule has 8 heteroatoms. The van der Waals surface area contributed by atoms with Crippen molar-refractivity contribution in [1.82, 2.24) is 0 Å². The molecule has 0 aliphatic heterocycles. The summed E-state index contributed by atoms with van der Waals surface area (Å²) in [7, 11) is 0. The lowest BCUT2D eigenvalue weighted by Crippen LogP contribution is -2.23. The number of rotatable bonds is 5. The molecule has 0 heterocycles. The molecular formula is C11H18N4O4. The monoisotopic (exact) mass is 270 g/mol. The van der Waals surface area contributed by atoms with Gasteiger partial charge >= 0.3 is 0 Å². The molecule has 0 saturated heterocycles. The average molecular weight is 270 g/mol. The number of para-hydroxylation sites is 1. The summed E-state index contributed by atoms with van der Waals surface area (Å²) in [5.41, 5.74) is 11.5. The Kier molecular flexibility index (Phi) is 8.26. The van der Waals surface area contributed by atoms with Crippen molar-refractivity contribution in [1.29, 1.82) is 0 Å². The van der Waals surface area contributed by atoms with Crippen molar-refractivity contribution in [2.24, 2.45) is 16.5 Å². The number of nitrogens with two attached hydrogens (primary N) is 2. The lowest BCUT2D eigenvalue weighted by Gasteiger charge is -2.07. The fourth-order valence-electron chi connectivity index (χ4n) is 1.17. The van der Waals surface area contributed by atoms with Crippen LogP contribution in [0.25, 0.3) is 0 Å². The van der Waals surface area contributed by atoms with Crippen LogP contribution in [0, 0.1) is 17.0 Å². The van der Waals surface area contributed by atoms with Crippen LogP contribution in [0.15, 0.2) is 29.3 Å². The van der Waals surface area contributed by atoms with E-state index in [1.807, 2.05) is 31.2 Å². The molecule has 0 aliphatic carbocycles. The van der Waals surface area contributed by atoms with Crippen LogP contribution in [0.1, 0.15) is 12.0 Å². The second-order valence-electron chi connectivity index (χ2n) is 3.51. The number of hydrogen-bond acceptors (Lipinski definition) is 4. The molecule has 0 fully saturated rings. The maximum absolute atomic E-state index is 8.36. The van der Waals surface area contributed by atoms with E-state index in [4.69, 9.17) is 31.5 Å². The zero-order chi connectivity index (χ0) is 14.7. The number of guanidine groups is 1. The minimum absolute atomic E-state index is 0.130. The Morgan fingerprint density at radius 3 is 2.58 bits per heavy atom. The Labute approximate surface area is 110 Å². The van der Waals surface area contributed by atoms with E-state index in [1.165, 1.54) is 0 Å². The van der Waals surface area contributed by atoms with E-state index in [1.54, 1.807) is 0 Å². The van der Waals surface area contributed by atoms with Crippen molar-refractivity contribution < 1.29 is 15.0 Å². The summed E-state index contributed by atoms with van der Waals surface area (Å²) >= 11 is 0. The zero-order valence-electron chi connectivity index (χ0n) is 10.7. The molecule has 0 bridgehead atoms. The normalized spacial score (nSPS) is 8.89. The first-order valence-electron chi connectivity index (χ1n) is 5.50. The Bertz CT molecular complexity index is 415. The summed E-state index contributed by atoms with van der Waals surface area (Å²) in [6.07, 6.45) is 0.812. The summed E-state index contributed by atoms with van der Waals surface area (Å²) < 4.78 is 5.57. The molecule has 1 aromatic carbocycles. The highest BCUT2D eigenvalue weighted by atomic mass is 16.9. The van der Waals surface area contributed by atoms with Gasteiger partial charge in [0.25, 0.3) is 5.09 Å². The molecule has 0 aromatic heterocycles. The molecule has 1 aromatic rings. The van der Waals surface area contributed by atoms with Crippen molar-refractivity contribution in [3.8, 4) is 5.75 Å². The van der Waals surface area contributed by atoms with Crippen LogP contribution in [0.2, 0.25) is 0 Å². The van der Waals surface area contributed by atoms with Crippen LogP contribution in [0.5, 0.6) is 5.75 Å². The minimum atomic E-state index is -1.50. The van der Waals surface area contributed by atoms with Crippen molar-refractivity contribution in [2.45, 2.75) is 13.3 Å². The fraction of sp³-hybridized carbons (Fsp3) is 0.364. The van der Waals surface area contributed by atoms with Gasteiger partial charge in [-0.2, -0.15) is 0 Å². The summed E-state index contributed by atoms with van der Waals surface area (Å²) in [6, 6.07) is 7.92. The number of aryl methyl sites for hydroxylation is 1. The first-order chi connectivity index (χ1) is 8.93. The Balaban J connectivity index is 0.000000711. The number of aliphatic imine (C=N–C) groups is 1. The summed E-state index contributed by atoms with van der Waals surface area (Å²) in [6.45, 7) is 3.25. The highest BCUT2D eigenvalue weighted by Crippen LogP contribution is 2.15. The van der Waals surface area contributed by atoms with E-state index in [0.717, 1.165) is 17.7 Å². The van der Waals surface area contributed by atoms with Crippen molar-refractivity contribution in [3.05, 3.63) is 39.9 Å². The number of hydrogen-bond donors (Lipinski definition) is 3. The Morgan fingerprint density at radius 1 is 1.47 bits per heavy atom. The van der Waals surface area contributed by atoms with E-state index in [0.29, 0.717) is 13.2 Å². The van der Waals surface area contributed by atoms with Gasteiger partial charge in [0.15, 0.2) is 5.96 Å². The quantitative estimate of drug-likeness (QED) is 0.236. The van der Waals surface area contributed by atoms with Gasteiger partial charge in [-0.3, -0.25) is 4.99 Å². The second-order valence-corrected chi connectivity index (χ2v) is 3.51. The molecule has 1 rings (SSSR count). The highest BCUT2D eigenvalue weighted by molar-refractivity contribution is 5.75. The Morgan fingerprint density at radius 2 is 2.05 bits per heavy atom. The molecule has 0 amide bonds. The predicted molar refractivity (Wildman–Crippen MR) is 70.7 cm³/mol. The average Bonchev–Trinajstić information content (AvgIpc) is 2.30. The lowest BCUT2D eigenvalue weighted by molar-refractivity contribution is -0.742. The van der Waals surface area contributed by atoms with E-state index < -0.39 is 5.09 Å². The molecule has 0 unspecified atom stereocenters. The van der Waals surface area contributed by atoms with Crippen LogP contribution >= 0.6 is 0 Å². The molecule has 5 N–H and O–H groups in total. The molecule has 0 atom stereocenters. The SMILES string of the molecule is Cc1ccccc1OCCCN=C(N)N.O=[N+]([O-])O. The van der Waals surface area contributed by atoms with E-state index >= 15 is 0 Å². The molecule has 0 spiro atoms. The maximum atomic E-state index is 8.36. The van der Waals surface area contributed by atoms with Gasteiger partial charge in [0.2, 0.25) is 0 Å². The van der Waals surface area contributed by atoms with Gasteiger partial charge in [-0.15, -0.1) is 10.1 Å². The third-order valence-electron chi connectivity index (χ3n) is 1.95. The van der Waals surface area contributed by atoms with Crippen LogP contribution in [0.4, 0.5) is 0 Å². The topological polar surface area (TPSA) is 137 Å². The predicted octanol–water partition coefficient (Wildman–Crippen LogP) is 0.690. The number of benzene rings is 1. The van der Waals surface area contributed by atoms with Gasteiger partial charge in [0, 0.05) is 13.0 Å². The van der Waals surface area contributed by atoms with Gasteiger partial charge in [-0.25, -0.2) is 0 Å². The van der Waals surface area contributed by atoms with Gasteiger partial charge in [0.05, 0.1) is 6.61 Å². The Hall–Kier alpha value is -2.51. The minimum Gasteiger partial charge on any atom is -0.493 e.